The lowest BCUT2D eigenvalue weighted by Gasteiger charge is -2.18. The average molecular weight is 324 g/mol. The maximum Gasteiger partial charge on any atom is 0.324 e. The van der Waals surface area contributed by atoms with Gasteiger partial charge in [0.1, 0.15) is 11.8 Å². The SMILES string of the molecule is C#CC(OC(=O)C(N)C(C)C)c1cccc(Oc2ccccc2)n1. The third-order valence-electron chi connectivity index (χ3n) is 3.36. The van der Waals surface area contributed by atoms with Crippen LogP contribution >= 0.6 is 0 Å². The molecule has 2 rings (SSSR count). The van der Waals surface area contributed by atoms with Crippen molar-refractivity contribution < 1.29 is 14.3 Å². The van der Waals surface area contributed by atoms with Gasteiger partial charge in [0, 0.05) is 6.07 Å². The van der Waals surface area contributed by atoms with Crippen LogP contribution in [-0.2, 0) is 9.53 Å². The smallest absolute Gasteiger partial charge is 0.324 e. The van der Waals surface area contributed by atoms with Gasteiger partial charge in [-0.1, -0.05) is 44.0 Å². The molecule has 0 aliphatic rings. The third-order valence-corrected chi connectivity index (χ3v) is 3.36. The summed E-state index contributed by atoms with van der Waals surface area (Å²) in [7, 11) is 0. The predicted molar refractivity (Wildman–Crippen MR) is 91.2 cm³/mol. The highest BCUT2D eigenvalue weighted by Crippen LogP contribution is 2.22. The lowest BCUT2D eigenvalue weighted by Crippen LogP contribution is -2.37. The van der Waals surface area contributed by atoms with E-state index in [1.807, 2.05) is 44.2 Å². The van der Waals surface area contributed by atoms with E-state index in [0.29, 0.717) is 17.3 Å². The standard InChI is InChI=1S/C19H20N2O3/c1-4-16(24-19(22)18(20)13(2)3)15-11-8-12-17(21-15)23-14-9-6-5-7-10-14/h1,5-13,16,18H,20H2,2-3H3. The number of esters is 1. The van der Waals surface area contributed by atoms with Crippen LogP contribution in [-0.4, -0.2) is 17.0 Å². The second kappa shape index (κ2) is 8.14. The molecule has 0 radical (unpaired) electrons. The third kappa shape index (κ3) is 4.58. The van der Waals surface area contributed by atoms with Gasteiger partial charge in [-0.3, -0.25) is 4.79 Å². The van der Waals surface area contributed by atoms with Gasteiger partial charge in [-0.15, -0.1) is 6.42 Å². The van der Waals surface area contributed by atoms with Crippen LogP contribution in [0.2, 0.25) is 0 Å². The van der Waals surface area contributed by atoms with Crippen LogP contribution in [0.25, 0.3) is 0 Å². The second-order valence-corrected chi connectivity index (χ2v) is 5.57. The van der Waals surface area contributed by atoms with Crippen molar-refractivity contribution in [3.63, 3.8) is 0 Å². The minimum absolute atomic E-state index is 0.0448. The van der Waals surface area contributed by atoms with Crippen LogP contribution < -0.4 is 10.5 Å². The fourth-order valence-electron chi connectivity index (χ4n) is 1.89. The summed E-state index contributed by atoms with van der Waals surface area (Å²) in [5.41, 5.74) is 6.20. The number of carbonyl (C=O) groups is 1. The van der Waals surface area contributed by atoms with Crippen LogP contribution in [0.15, 0.2) is 48.5 Å². The molecule has 24 heavy (non-hydrogen) atoms. The molecular weight excluding hydrogens is 304 g/mol. The highest BCUT2D eigenvalue weighted by Gasteiger charge is 2.23. The summed E-state index contributed by atoms with van der Waals surface area (Å²) in [6, 6.07) is 13.6. The summed E-state index contributed by atoms with van der Waals surface area (Å²) in [6.45, 7) is 3.67. The van der Waals surface area contributed by atoms with Crippen molar-refractivity contribution in [1.29, 1.82) is 0 Å². The van der Waals surface area contributed by atoms with Gasteiger partial charge in [0.15, 0.2) is 0 Å². The Kier molecular flexibility index (Phi) is 5.94. The molecule has 2 aromatic rings. The molecule has 1 heterocycles. The minimum Gasteiger partial charge on any atom is -0.441 e. The molecule has 0 saturated heterocycles. The number of para-hydroxylation sites is 1. The molecule has 2 atom stereocenters. The summed E-state index contributed by atoms with van der Waals surface area (Å²) in [5, 5.41) is 0. The molecule has 0 fully saturated rings. The Labute approximate surface area is 141 Å². The first-order valence-electron chi connectivity index (χ1n) is 7.63. The monoisotopic (exact) mass is 324 g/mol. The molecule has 0 bridgehead atoms. The van der Waals surface area contributed by atoms with Gasteiger partial charge in [-0.05, 0) is 24.1 Å². The van der Waals surface area contributed by atoms with E-state index in [1.165, 1.54) is 0 Å². The zero-order valence-corrected chi connectivity index (χ0v) is 13.7. The van der Waals surface area contributed by atoms with Crippen molar-refractivity contribution in [1.82, 2.24) is 4.98 Å². The molecule has 0 amide bonds. The summed E-state index contributed by atoms with van der Waals surface area (Å²) >= 11 is 0. The van der Waals surface area contributed by atoms with Crippen molar-refractivity contribution in [3.05, 3.63) is 54.2 Å². The number of hydrogen-bond acceptors (Lipinski definition) is 5. The van der Waals surface area contributed by atoms with Crippen molar-refractivity contribution in [2.24, 2.45) is 11.7 Å². The van der Waals surface area contributed by atoms with Crippen molar-refractivity contribution in [2.75, 3.05) is 0 Å². The molecule has 0 aliphatic carbocycles. The van der Waals surface area contributed by atoms with Crippen molar-refractivity contribution >= 4 is 5.97 Å². The largest absolute Gasteiger partial charge is 0.441 e. The molecule has 0 saturated carbocycles. The van der Waals surface area contributed by atoms with Gasteiger partial charge < -0.3 is 15.2 Å². The van der Waals surface area contributed by atoms with Crippen LogP contribution in [0, 0.1) is 18.3 Å². The second-order valence-electron chi connectivity index (χ2n) is 5.57. The molecule has 2 unspecified atom stereocenters. The van der Waals surface area contributed by atoms with E-state index in [2.05, 4.69) is 10.9 Å². The van der Waals surface area contributed by atoms with Crippen LogP contribution in [0.4, 0.5) is 0 Å². The fraction of sp³-hybridized carbons (Fsp3) is 0.263. The minimum atomic E-state index is -0.915. The zero-order valence-electron chi connectivity index (χ0n) is 13.7. The van der Waals surface area contributed by atoms with Crippen molar-refractivity contribution in [3.8, 4) is 24.0 Å². The zero-order chi connectivity index (χ0) is 17.5. The molecule has 5 nitrogen and oxygen atoms in total. The molecule has 5 heteroatoms. The van der Waals surface area contributed by atoms with Gasteiger partial charge in [0.25, 0.3) is 0 Å². The Bertz CT molecular complexity index is 723. The molecular formula is C19H20N2O3. The topological polar surface area (TPSA) is 74.4 Å². The van der Waals surface area contributed by atoms with Crippen molar-refractivity contribution in [2.45, 2.75) is 26.0 Å². The van der Waals surface area contributed by atoms with Gasteiger partial charge in [0.2, 0.25) is 12.0 Å². The first-order valence-corrected chi connectivity index (χ1v) is 7.63. The van der Waals surface area contributed by atoms with Crippen LogP contribution in [0.3, 0.4) is 0 Å². The van der Waals surface area contributed by atoms with Gasteiger partial charge in [-0.25, -0.2) is 4.98 Å². The average Bonchev–Trinajstić information content (AvgIpc) is 2.59. The van der Waals surface area contributed by atoms with E-state index < -0.39 is 18.1 Å². The molecule has 0 aliphatic heterocycles. The molecule has 0 spiro atoms. The van der Waals surface area contributed by atoms with E-state index in [4.69, 9.17) is 21.6 Å². The lowest BCUT2D eigenvalue weighted by molar-refractivity contribution is -0.149. The number of nitrogens with two attached hydrogens (primary N) is 1. The quantitative estimate of drug-likeness (QED) is 0.653. The maximum absolute atomic E-state index is 12.0. The number of ether oxygens (including phenoxy) is 2. The van der Waals surface area contributed by atoms with E-state index in [-0.39, 0.29) is 5.92 Å². The van der Waals surface area contributed by atoms with Gasteiger partial charge in [-0.2, -0.15) is 0 Å². The lowest BCUT2D eigenvalue weighted by atomic mass is 10.1. The summed E-state index contributed by atoms with van der Waals surface area (Å²) < 4.78 is 11.0. The van der Waals surface area contributed by atoms with E-state index in [0.717, 1.165) is 0 Å². The van der Waals surface area contributed by atoms with Crippen LogP contribution in [0.1, 0.15) is 25.6 Å². The first kappa shape index (κ1) is 17.5. The highest BCUT2D eigenvalue weighted by molar-refractivity contribution is 5.76. The van der Waals surface area contributed by atoms with E-state index in [9.17, 15) is 4.79 Å². The first-order chi connectivity index (χ1) is 11.5. The van der Waals surface area contributed by atoms with Gasteiger partial charge >= 0.3 is 5.97 Å². The summed E-state index contributed by atoms with van der Waals surface area (Å²) in [4.78, 5) is 16.3. The number of hydrogen-bond donors (Lipinski definition) is 1. The number of aromatic nitrogens is 1. The number of terminal acetylenes is 1. The Morgan fingerprint density at radius 3 is 2.50 bits per heavy atom. The molecule has 2 N–H and O–H groups in total. The Morgan fingerprint density at radius 1 is 1.17 bits per heavy atom. The maximum atomic E-state index is 12.0. The number of pyridine rings is 1. The number of benzene rings is 1. The molecule has 124 valence electrons. The fourth-order valence-corrected chi connectivity index (χ4v) is 1.89. The molecule has 1 aromatic heterocycles. The van der Waals surface area contributed by atoms with E-state index in [1.54, 1.807) is 18.2 Å². The Hall–Kier alpha value is -2.84. The summed E-state index contributed by atoms with van der Waals surface area (Å²) in [6.07, 6.45) is 4.57. The predicted octanol–water partition coefficient (Wildman–Crippen LogP) is 3.07. The number of rotatable bonds is 6. The molecule has 1 aromatic carbocycles. The summed E-state index contributed by atoms with van der Waals surface area (Å²) in [5.74, 6) is 2.84. The number of carbonyl (C=O) groups excluding carboxylic acids is 1. The van der Waals surface area contributed by atoms with Crippen LogP contribution in [0.5, 0.6) is 11.6 Å². The van der Waals surface area contributed by atoms with E-state index >= 15 is 0 Å². The Morgan fingerprint density at radius 2 is 1.88 bits per heavy atom. The number of nitrogens with zero attached hydrogens (tertiary/aromatic N) is 1. The van der Waals surface area contributed by atoms with Gasteiger partial charge in [0.05, 0.1) is 5.69 Å². The normalized spacial score (nSPS) is 13.0. The Balaban J connectivity index is 2.13. The highest BCUT2D eigenvalue weighted by atomic mass is 16.5.